The van der Waals surface area contributed by atoms with E-state index in [-0.39, 0.29) is 5.91 Å². The molecule has 0 saturated carbocycles. The van der Waals surface area contributed by atoms with Crippen LogP contribution in [0.2, 0.25) is 0 Å². The van der Waals surface area contributed by atoms with E-state index < -0.39 is 0 Å². The lowest BCUT2D eigenvalue weighted by molar-refractivity contribution is 0.0987. The number of fused-ring (bicyclic) bond motifs is 2. The highest BCUT2D eigenvalue weighted by Gasteiger charge is 2.24. The maximum absolute atomic E-state index is 14.2. The predicted octanol–water partition coefficient (Wildman–Crippen LogP) is 6.73. The minimum atomic E-state index is -0.0325. The fourth-order valence-electron chi connectivity index (χ4n) is 4.17. The highest BCUT2D eigenvalue weighted by Crippen LogP contribution is 2.33. The number of pyridine rings is 1. The summed E-state index contributed by atoms with van der Waals surface area (Å²) in [6.45, 7) is 3.65. The van der Waals surface area contributed by atoms with E-state index in [0.717, 1.165) is 56.2 Å². The fourth-order valence-corrected chi connectivity index (χ4v) is 5.91. The molecule has 5 aromatic rings. The molecule has 0 N–H and O–H groups in total. The summed E-state index contributed by atoms with van der Waals surface area (Å²) in [5.74, 6) is -0.0325. The molecule has 3 aromatic heterocycles. The molecule has 0 aliphatic heterocycles. The van der Waals surface area contributed by atoms with E-state index in [2.05, 4.69) is 44.1 Å². The molecule has 1 amide bonds. The topological polar surface area (TPSA) is 49.3 Å². The summed E-state index contributed by atoms with van der Waals surface area (Å²) in [6.07, 6.45) is 1.83. The quantitative estimate of drug-likeness (QED) is 0.237. The molecule has 7 heteroatoms. The largest absolute Gasteiger partial charge is 0.309 e. The van der Waals surface area contributed by atoms with Crippen LogP contribution in [0.4, 0.5) is 5.13 Å². The number of nitrogens with zero attached hydrogens (tertiary/aromatic N) is 4. The van der Waals surface area contributed by atoms with Gasteiger partial charge in [-0.05, 0) is 74.8 Å². The van der Waals surface area contributed by atoms with Crippen molar-refractivity contribution < 1.29 is 4.79 Å². The maximum atomic E-state index is 14.2. The Kier molecular flexibility index (Phi) is 6.90. The van der Waals surface area contributed by atoms with Crippen molar-refractivity contribution in [2.45, 2.75) is 19.8 Å². The molecule has 0 saturated heterocycles. The molecular formula is C28H28N4OS2. The van der Waals surface area contributed by atoms with Crippen molar-refractivity contribution in [2.24, 2.45) is 0 Å². The average Bonchev–Trinajstić information content (AvgIpc) is 3.55. The number of para-hydroxylation sites is 1. The molecular weight excluding hydrogens is 472 g/mol. The summed E-state index contributed by atoms with van der Waals surface area (Å²) < 4.78 is 1.11. The molecule has 178 valence electrons. The molecule has 0 fully saturated rings. The molecule has 35 heavy (non-hydrogen) atoms. The highest BCUT2D eigenvalue weighted by molar-refractivity contribution is 7.22. The molecule has 0 unspecified atom stereocenters. The van der Waals surface area contributed by atoms with Gasteiger partial charge in [0.1, 0.15) is 0 Å². The van der Waals surface area contributed by atoms with Gasteiger partial charge in [-0.3, -0.25) is 9.69 Å². The Morgan fingerprint density at radius 3 is 2.57 bits per heavy atom. The van der Waals surface area contributed by atoms with Crippen LogP contribution in [0.3, 0.4) is 0 Å². The first-order valence-electron chi connectivity index (χ1n) is 11.8. The van der Waals surface area contributed by atoms with E-state index in [1.165, 1.54) is 5.56 Å². The van der Waals surface area contributed by atoms with E-state index >= 15 is 0 Å². The summed E-state index contributed by atoms with van der Waals surface area (Å²) in [7, 11) is 4.11. The summed E-state index contributed by atoms with van der Waals surface area (Å²) in [5.41, 5.74) is 4.53. The molecule has 0 bridgehead atoms. The number of amides is 1. The van der Waals surface area contributed by atoms with Crippen molar-refractivity contribution >= 4 is 54.8 Å². The number of aryl methyl sites for hydroxylation is 1. The lowest BCUT2D eigenvalue weighted by Crippen LogP contribution is -2.33. The van der Waals surface area contributed by atoms with Crippen LogP contribution >= 0.6 is 22.7 Å². The first-order chi connectivity index (χ1) is 17.0. The van der Waals surface area contributed by atoms with E-state index in [1.807, 2.05) is 52.7 Å². The monoisotopic (exact) mass is 500 g/mol. The molecule has 0 spiro atoms. The SMILES string of the molecule is CCc1ccc2nc(N(CCCN(C)C)C(=O)c3cc(-c4cccs4)nc4ccccc34)sc2c1. The highest BCUT2D eigenvalue weighted by atomic mass is 32.1. The first-order valence-corrected chi connectivity index (χ1v) is 13.5. The number of benzene rings is 2. The maximum Gasteiger partial charge on any atom is 0.260 e. The minimum Gasteiger partial charge on any atom is -0.309 e. The van der Waals surface area contributed by atoms with Crippen molar-refractivity contribution in [3.63, 3.8) is 0 Å². The Balaban J connectivity index is 1.61. The zero-order valence-corrected chi connectivity index (χ0v) is 21.8. The van der Waals surface area contributed by atoms with Crippen LogP contribution in [-0.4, -0.2) is 48.0 Å². The van der Waals surface area contributed by atoms with Gasteiger partial charge in [-0.1, -0.05) is 48.6 Å². The standard InChI is InChI=1S/C28H28N4OS2/c1-4-19-12-13-23-26(17-19)35-28(30-23)32(15-8-14-31(2)3)27(33)21-18-24(25-11-7-16-34-25)29-22-10-6-5-9-20(21)22/h5-7,9-13,16-18H,4,8,14-15H2,1-3H3. The van der Waals surface area contributed by atoms with E-state index in [1.54, 1.807) is 22.7 Å². The molecule has 0 aliphatic rings. The molecule has 5 nitrogen and oxygen atoms in total. The molecule has 0 radical (unpaired) electrons. The van der Waals surface area contributed by atoms with Gasteiger partial charge < -0.3 is 4.90 Å². The normalized spacial score (nSPS) is 11.5. The van der Waals surface area contributed by atoms with Crippen LogP contribution in [-0.2, 0) is 6.42 Å². The third kappa shape index (κ3) is 4.98. The van der Waals surface area contributed by atoms with Gasteiger partial charge in [0, 0.05) is 11.9 Å². The summed E-state index contributed by atoms with van der Waals surface area (Å²) in [6, 6.07) is 20.3. The van der Waals surface area contributed by atoms with E-state index in [4.69, 9.17) is 9.97 Å². The van der Waals surface area contributed by atoms with Gasteiger partial charge in [-0.15, -0.1) is 11.3 Å². The van der Waals surface area contributed by atoms with E-state index in [0.29, 0.717) is 12.1 Å². The summed E-state index contributed by atoms with van der Waals surface area (Å²) in [5, 5.41) is 3.65. The Labute approximate surface area is 213 Å². The molecule has 0 aliphatic carbocycles. The van der Waals surface area contributed by atoms with Crippen LogP contribution in [0.15, 0.2) is 66.0 Å². The van der Waals surface area contributed by atoms with Gasteiger partial charge in [0.15, 0.2) is 5.13 Å². The lowest BCUT2D eigenvalue weighted by atomic mass is 10.1. The zero-order valence-electron chi connectivity index (χ0n) is 20.2. The van der Waals surface area contributed by atoms with Crippen LogP contribution in [0.5, 0.6) is 0 Å². The van der Waals surface area contributed by atoms with Gasteiger partial charge in [-0.2, -0.15) is 0 Å². The van der Waals surface area contributed by atoms with E-state index in [9.17, 15) is 4.79 Å². The minimum absolute atomic E-state index is 0.0325. The summed E-state index contributed by atoms with van der Waals surface area (Å²) in [4.78, 5) is 29.0. The van der Waals surface area contributed by atoms with Gasteiger partial charge in [-0.25, -0.2) is 9.97 Å². The number of anilines is 1. The fraction of sp³-hybridized carbons (Fsp3) is 0.250. The third-order valence-corrected chi connectivity index (χ3v) is 7.97. The van der Waals surface area contributed by atoms with Gasteiger partial charge in [0.05, 0.1) is 31.9 Å². The Morgan fingerprint density at radius 2 is 1.80 bits per heavy atom. The van der Waals surface area contributed by atoms with Gasteiger partial charge in [0.25, 0.3) is 5.91 Å². The molecule has 0 atom stereocenters. The smallest absolute Gasteiger partial charge is 0.260 e. The third-order valence-electron chi connectivity index (χ3n) is 6.03. The zero-order chi connectivity index (χ0) is 24.4. The van der Waals surface area contributed by atoms with Crippen molar-refractivity contribution in [1.82, 2.24) is 14.9 Å². The van der Waals surface area contributed by atoms with Gasteiger partial charge >= 0.3 is 0 Å². The van der Waals surface area contributed by atoms with Crippen molar-refractivity contribution in [2.75, 3.05) is 32.1 Å². The second-order valence-electron chi connectivity index (χ2n) is 8.82. The number of thiazole rings is 1. The van der Waals surface area contributed by atoms with Crippen LogP contribution < -0.4 is 4.90 Å². The van der Waals surface area contributed by atoms with Crippen LogP contribution in [0, 0.1) is 0 Å². The Morgan fingerprint density at radius 1 is 0.943 bits per heavy atom. The number of thiophene rings is 1. The van der Waals surface area contributed by atoms with Crippen LogP contribution in [0.1, 0.15) is 29.3 Å². The number of rotatable bonds is 8. The second kappa shape index (κ2) is 10.2. The number of hydrogen-bond acceptors (Lipinski definition) is 6. The van der Waals surface area contributed by atoms with Crippen LogP contribution in [0.25, 0.3) is 31.7 Å². The summed E-state index contributed by atoms with van der Waals surface area (Å²) >= 11 is 3.22. The average molecular weight is 501 g/mol. The van der Waals surface area contributed by atoms with Crippen molar-refractivity contribution in [3.8, 4) is 10.6 Å². The number of carbonyl (C=O) groups excluding carboxylic acids is 1. The number of carbonyl (C=O) groups is 1. The first kappa shape index (κ1) is 23.6. The molecule has 3 heterocycles. The molecule has 5 rings (SSSR count). The second-order valence-corrected chi connectivity index (χ2v) is 10.8. The Bertz CT molecular complexity index is 1470. The molecule has 2 aromatic carbocycles. The number of hydrogen-bond donors (Lipinski definition) is 0. The van der Waals surface area contributed by atoms with Crippen molar-refractivity contribution in [3.05, 3.63) is 77.2 Å². The predicted molar refractivity (Wildman–Crippen MR) is 149 cm³/mol. The van der Waals surface area contributed by atoms with Crippen molar-refractivity contribution in [1.29, 1.82) is 0 Å². The number of aromatic nitrogens is 2. The van der Waals surface area contributed by atoms with Gasteiger partial charge in [0.2, 0.25) is 0 Å². The lowest BCUT2D eigenvalue weighted by Gasteiger charge is -2.22. The Hall–Kier alpha value is -3.13.